The van der Waals surface area contributed by atoms with Crippen molar-refractivity contribution in [3.05, 3.63) is 29.3 Å². The van der Waals surface area contributed by atoms with Crippen LogP contribution in [0.15, 0.2) is 12.1 Å². The highest BCUT2D eigenvalue weighted by molar-refractivity contribution is 5.47. The summed E-state index contributed by atoms with van der Waals surface area (Å²) in [6.45, 7) is 10.7. The van der Waals surface area contributed by atoms with E-state index in [-0.39, 0.29) is 0 Å². The number of aromatic nitrogens is 4. The molecular formula is C19H27N7. The fraction of sp³-hybridized carbons (Fsp3) is 0.579. The Balaban J connectivity index is 1.46. The molecule has 1 N–H and O–H groups in total. The Hall–Kier alpha value is -2.44. The third-order valence-electron chi connectivity index (χ3n) is 4.89. The van der Waals surface area contributed by atoms with E-state index in [0.29, 0.717) is 5.92 Å². The van der Waals surface area contributed by atoms with E-state index in [9.17, 15) is 0 Å². The van der Waals surface area contributed by atoms with Gasteiger partial charge in [-0.05, 0) is 33.6 Å². The molecule has 138 valence electrons. The Bertz CT molecular complexity index is 779. The Morgan fingerprint density at radius 3 is 2.31 bits per heavy atom. The van der Waals surface area contributed by atoms with Gasteiger partial charge in [0.2, 0.25) is 5.95 Å². The Kier molecular flexibility index (Phi) is 4.61. The van der Waals surface area contributed by atoms with Crippen LogP contribution in [0.2, 0.25) is 0 Å². The summed E-state index contributed by atoms with van der Waals surface area (Å²) < 4.78 is 0. The number of nitrogens with zero attached hydrogens (tertiary/aromatic N) is 6. The first kappa shape index (κ1) is 17.0. The maximum atomic E-state index is 4.82. The van der Waals surface area contributed by atoms with Gasteiger partial charge in [0.15, 0.2) is 0 Å². The second-order valence-corrected chi connectivity index (χ2v) is 7.20. The van der Waals surface area contributed by atoms with Gasteiger partial charge in [-0.2, -0.15) is 4.98 Å². The van der Waals surface area contributed by atoms with Crippen LogP contribution in [0.1, 0.15) is 42.9 Å². The quantitative estimate of drug-likeness (QED) is 0.885. The minimum Gasteiger partial charge on any atom is -0.370 e. The summed E-state index contributed by atoms with van der Waals surface area (Å²) in [6.07, 6.45) is 2.46. The summed E-state index contributed by atoms with van der Waals surface area (Å²) in [4.78, 5) is 23.4. The minimum absolute atomic E-state index is 0.583. The lowest BCUT2D eigenvalue weighted by molar-refractivity contribution is 0.631. The van der Waals surface area contributed by atoms with Crippen molar-refractivity contribution in [2.24, 2.45) is 0 Å². The van der Waals surface area contributed by atoms with Crippen LogP contribution in [0.4, 0.5) is 17.6 Å². The highest BCUT2D eigenvalue weighted by Gasteiger charge is 2.28. The molecule has 1 saturated carbocycles. The van der Waals surface area contributed by atoms with Gasteiger partial charge in [0.1, 0.15) is 17.5 Å². The molecule has 1 aliphatic heterocycles. The maximum Gasteiger partial charge on any atom is 0.227 e. The first-order valence-electron chi connectivity index (χ1n) is 9.57. The molecule has 0 spiro atoms. The summed E-state index contributed by atoms with van der Waals surface area (Å²) in [5.74, 6) is 4.40. The number of rotatable bonds is 5. The molecule has 0 bridgehead atoms. The molecule has 26 heavy (non-hydrogen) atoms. The van der Waals surface area contributed by atoms with Gasteiger partial charge >= 0.3 is 0 Å². The Labute approximate surface area is 154 Å². The number of nitrogens with one attached hydrogen (secondary N) is 1. The lowest BCUT2D eigenvalue weighted by Crippen LogP contribution is -2.47. The average Bonchev–Trinajstić information content (AvgIpc) is 3.46. The highest BCUT2D eigenvalue weighted by atomic mass is 15.3. The van der Waals surface area contributed by atoms with Gasteiger partial charge in [-0.3, -0.25) is 0 Å². The number of hydrogen-bond acceptors (Lipinski definition) is 7. The van der Waals surface area contributed by atoms with E-state index in [1.165, 1.54) is 12.8 Å². The second kappa shape index (κ2) is 7.05. The van der Waals surface area contributed by atoms with Gasteiger partial charge in [0.25, 0.3) is 0 Å². The third kappa shape index (κ3) is 3.71. The number of aryl methyl sites for hydroxylation is 2. The van der Waals surface area contributed by atoms with Crippen molar-refractivity contribution in [2.75, 3.05) is 47.8 Å². The van der Waals surface area contributed by atoms with Crippen molar-refractivity contribution in [3.63, 3.8) is 0 Å². The largest absolute Gasteiger partial charge is 0.370 e. The molecule has 0 amide bonds. The third-order valence-corrected chi connectivity index (χ3v) is 4.89. The molecule has 0 unspecified atom stereocenters. The van der Waals surface area contributed by atoms with E-state index in [4.69, 9.17) is 4.98 Å². The zero-order chi connectivity index (χ0) is 18.1. The molecule has 1 aliphatic carbocycles. The van der Waals surface area contributed by atoms with Crippen LogP contribution in [0.5, 0.6) is 0 Å². The molecule has 2 aromatic heterocycles. The number of hydrogen-bond donors (Lipinski definition) is 1. The van der Waals surface area contributed by atoms with Crippen LogP contribution in [-0.4, -0.2) is 52.7 Å². The van der Waals surface area contributed by atoms with Gasteiger partial charge in [-0.25, -0.2) is 15.0 Å². The standard InChI is InChI=1S/C19H27N7/c1-4-20-16-11-13(2)22-19(23-16)26-9-7-25(8-10-26)17-12-14(3)21-18(24-17)15-5-6-15/h11-12,15H,4-10H2,1-3H3,(H,20,22,23). The monoisotopic (exact) mass is 353 g/mol. The molecule has 3 heterocycles. The fourth-order valence-electron chi connectivity index (χ4n) is 3.36. The molecule has 0 radical (unpaired) electrons. The molecule has 2 aromatic rings. The Morgan fingerprint density at radius 1 is 0.923 bits per heavy atom. The molecule has 2 fully saturated rings. The first-order chi connectivity index (χ1) is 12.6. The van der Waals surface area contributed by atoms with Crippen molar-refractivity contribution in [1.82, 2.24) is 19.9 Å². The molecule has 7 nitrogen and oxygen atoms in total. The van der Waals surface area contributed by atoms with Gasteiger partial charge in [0.05, 0.1) is 0 Å². The van der Waals surface area contributed by atoms with Gasteiger partial charge in [-0.1, -0.05) is 0 Å². The number of piperazine rings is 1. The van der Waals surface area contributed by atoms with Crippen molar-refractivity contribution in [1.29, 1.82) is 0 Å². The summed E-state index contributed by atoms with van der Waals surface area (Å²) >= 11 is 0. The van der Waals surface area contributed by atoms with E-state index < -0.39 is 0 Å². The van der Waals surface area contributed by atoms with Crippen molar-refractivity contribution < 1.29 is 0 Å². The summed E-state index contributed by atoms with van der Waals surface area (Å²) in [5, 5.41) is 3.29. The summed E-state index contributed by atoms with van der Waals surface area (Å²) in [5.41, 5.74) is 2.06. The van der Waals surface area contributed by atoms with Crippen LogP contribution in [0.3, 0.4) is 0 Å². The van der Waals surface area contributed by atoms with Crippen molar-refractivity contribution in [3.8, 4) is 0 Å². The molecule has 0 atom stereocenters. The van der Waals surface area contributed by atoms with Crippen molar-refractivity contribution >= 4 is 17.6 Å². The fourth-order valence-corrected chi connectivity index (χ4v) is 3.36. The topological polar surface area (TPSA) is 70.1 Å². The molecule has 0 aromatic carbocycles. The van der Waals surface area contributed by atoms with Crippen LogP contribution >= 0.6 is 0 Å². The molecule has 1 saturated heterocycles. The summed E-state index contributed by atoms with van der Waals surface area (Å²) in [7, 11) is 0. The average molecular weight is 353 g/mol. The van der Waals surface area contributed by atoms with Gasteiger partial charge < -0.3 is 15.1 Å². The zero-order valence-corrected chi connectivity index (χ0v) is 15.9. The predicted molar refractivity (Wildman–Crippen MR) is 104 cm³/mol. The highest BCUT2D eigenvalue weighted by Crippen LogP contribution is 2.38. The van der Waals surface area contributed by atoms with Crippen LogP contribution in [0.25, 0.3) is 0 Å². The maximum absolute atomic E-state index is 4.82. The smallest absolute Gasteiger partial charge is 0.227 e. The van der Waals surface area contributed by atoms with Crippen LogP contribution < -0.4 is 15.1 Å². The SMILES string of the molecule is CCNc1cc(C)nc(N2CCN(c3cc(C)nc(C4CC4)n3)CC2)n1. The predicted octanol–water partition coefficient (Wildman–Crippen LogP) is 2.52. The second-order valence-electron chi connectivity index (χ2n) is 7.20. The van der Waals surface area contributed by atoms with E-state index in [1.54, 1.807) is 0 Å². The van der Waals surface area contributed by atoms with Gasteiger partial charge in [0, 0.05) is 62.2 Å². The lowest BCUT2D eigenvalue weighted by atomic mass is 10.3. The number of anilines is 3. The van der Waals surface area contributed by atoms with E-state index in [1.807, 2.05) is 13.0 Å². The normalized spacial score (nSPS) is 17.5. The van der Waals surface area contributed by atoms with Crippen molar-refractivity contribution in [2.45, 2.75) is 39.5 Å². The minimum atomic E-state index is 0.583. The molecule has 7 heteroatoms. The molecular weight excluding hydrogens is 326 g/mol. The Morgan fingerprint density at radius 2 is 1.62 bits per heavy atom. The first-order valence-corrected chi connectivity index (χ1v) is 9.57. The van der Waals surface area contributed by atoms with Crippen LogP contribution in [-0.2, 0) is 0 Å². The zero-order valence-electron chi connectivity index (χ0n) is 15.9. The molecule has 4 rings (SSSR count). The summed E-state index contributed by atoms with van der Waals surface area (Å²) in [6, 6.07) is 4.10. The van der Waals surface area contributed by atoms with Crippen LogP contribution in [0, 0.1) is 13.8 Å². The van der Waals surface area contributed by atoms with Gasteiger partial charge in [-0.15, -0.1) is 0 Å². The molecule has 2 aliphatic rings. The van der Waals surface area contributed by atoms with E-state index >= 15 is 0 Å². The van der Waals surface area contributed by atoms with E-state index in [0.717, 1.165) is 67.5 Å². The lowest BCUT2D eigenvalue weighted by Gasteiger charge is -2.35. The van der Waals surface area contributed by atoms with E-state index in [2.05, 4.69) is 50.0 Å².